The molecule has 19 heavy (non-hydrogen) atoms. The fraction of sp³-hybridized carbons (Fsp3) is 0.467. The highest BCUT2D eigenvalue weighted by atomic mass is 16.2. The summed E-state index contributed by atoms with van der Waals surface area (Å²) in [7, 11) is 0. The van der Waals surface area contributed by atoms with Gasteiger partial charge in [-0.15, -0.1) is 0 Å². The average molecular weight is 258 g/mol. The van der Waals surface area contributed by atoms with E-state index in [1.807, 2.05) is 17.0 Å². The summed E-state index contributed by atoms with van der Waals surface area (Å²) in [5.74, 6) is 0.0189. The van der Waals surface area contributed by atoms with Crippen LogP contribution in [0.25, 0.3) is 0 Å². The van der Waals surface area contributed by atoms with E-state index in [0.29, 0.717) is 19.5 Å². The summed E-state index contributed by atoms with van der Waals surface area (Å²) in [5, 5.41) is 2.78. The van der Waals surface area contributed by atoms with Crippen molar-refractivity contribution in [3.05, 3.63) is 35.4 Å². The van der Waals surface area contributed by atoms with Gasteiger partial charge in [-0.1, -0.05) is 24.3 Å². The molecule has 2 aliphatic rings. The van der Waals surface area contributed by atoms with Gasteiger partial charge in [0.2, 0.25) is 11.8 Å². The molecule has 4 heteroatoms. The summed E-state index contributed by atoms with van der Waals surface area (Å²) < 4.78 is 0. The van der Waals surface area contributed by atoms with E-state index >= 15 is 0 Å². The number of amides is 2. The van der Waals surface area contributed by atoms with Gasteiger partial charge in [0.1, 0.15) is 0 Å². The standard InChI is InChI=1S/C15H18N2O2/c18-14-9-12(5-7-16-14)15(19)17-8-6-11-3-1-2-4-13(11)10-17/h1-4,12H,5-10H2,(H,16,18). The van der Waals surface area contributed by atoms with Gasteiger partial charge in [-0.3, -0.25) is 9.59 Å². The van der Waals surface area contributed by atoms with Crippen LogP contribution >= 0.6 is 0 Å². The number of benzene rings is 1. The second kappa shape index (κ2) is 5.03. The maximum atomic E-state index is 12.5. The molecule has 0 aromatic heterocycles. The third-order valence-electron chi connectivity index (χ3n) is 4.04. The van der Waals surface area contributed by atoms with Crippen molar-refractivity contribution in [3.8, 4) is 0 Å². The third kappa shape index (κ3) is 2.48. The number of fused-ring (bicyclic) bond motifs is 1. The maximum absolute atomic E-state index is 12.5. The molecule has 0 aliphatic carbocycles. The minimum Gasteiger partial charge on any atom is -0.356 e. The Morgan fingerprint density at radius 2 is 2.05 bits per heavy atom. The second-order valence-corrected chi connectivity index (χ2v) is 5.32. The van der Waals surface area contributed by atoms with Gasteiger partial charge in [0, 0.05) is 32.0 Å². The Bertz CT molecular complexity index is 513. The lowest BCUT2D eigenvalue weighted by molar-refractivity contribution is -0.140. The van der Waals surface area contributed by atoms with Crippen molar-refractivity contribution in [2.45, 2.75) is 25.8 Å². The molecular formula is C15H18N2O2. The molecule has 1 fully saturated rings. The van der Waals surface area contributed by atoms with E-state index in [1.54, 1.807) is 0 Å². The largest absolute Gasteiger partial charge is 0.356 e. The van der Waals surface area contributed by atoms with E-state index in [1.165, 1.54) is 11.1 Å². The molecule has 0 radical (unpaired) electrons. The molecule has 4 nitrogen and oxygen atoms in total. The highest BCUT2D eigenvalue weighted by Gasteiger charge is 2.30. The summed E-state index contributed by atoms with van der Waals surface area (Å²) in [4.78, 5) is 25.7. The first-order valence-corrected chi connectivity index (χ1v) is 6.86. The van der Waals surface area contributed by atoms with Crippen molar-refractivity contribution < 1.29 is 9.59 Å². The number of hydrogen-bond acceptors (Lipinski definition) is 2. The van der Waals surface area contributed by atoms with Crippen molar-refractivity contribution in [1.29, 1.82) is 0 Å². The van der Waals surface area contributed by atoms with Crippen molar-refractivity contribution in [1.82, 2.24) is 10.2 Å². The number of hydrogen-bond donors (Lipinski definition) is 1. The first-order valence-electron chi connectivity index (χ1n) is 6.86. The minimum absolute atomic E-state index is 0.00186. The maximum Gasteiger partial charge on any atom is 0.226 e. The van der Waals surface area contributed by atoms with Crippen molar-refractivity contribution >= 4 is 11.8 Å². The molecule has 1 aromatic carbocycles. The van der Waals surface area contributed by atoms with Gasteiger partial charge in [0.05, 0.1) is 0 Å². The number of nitrogens with one attached hydrogen (secondary N) is 1. The van der Waals surface area contributed by atoms with Crippen LogP contribution in [-0.2, 0) is 22.6 Å². The number of carbonyl (C=O) groups excluding carboxylic acids is 2. The van der Waals surface area contributed by atoms with Crippen LogP contribution in [0.1, 0.15) is 24.0 Å². The molecular weight excluding hydrogens is 240 g/mol. The van der Waals surface area contributed by atoms with Gasteiger partial charge in [-0.2, -0.15) is 0 Å². The summed E-state index contributed by atoms with van der Waals surface area (Å²) in [6.45, 7) is 2.08. The molecule has 1 saturated heterocycles. The lowest BCUT2D eigenvalue weighted by Crippen LogP contribution is -2.44. The predicted octanol–water partition coefficient (Wildman–Crippen LogP) is 1.10. The number of carbonyl (C=O) groups is 2. The zero-order chi connectivity index (χ0) is 13.2. The number of rotatable bonds is 1. The van der Waals surface area contributed by atoms with E-state index in [2.05, 4.69) is 17.4 Å². The molecule has 1 atom stereocenters. The smallest absolute Gasteiger partial charge is 0.226 e. The lowest BCUT2D eigenvalue weighted by atomic mass is 9.93. The molecule has 1 aromatic rings. The van der Waals surface area contributed by atoms with Crippen LogP contribution in [0.15, 0.2) is 24.3 Å². The topological polar surface area (TPSA) is 49.4 Å². The molecule has 2 amide bonds. The summed E-state index contributed by atoms with van der Waals surface area (Å²) in [6, 6.07) is 8.27. The summed E-state index contributed by atoms with van der Waals surface area (Å²) in [6.07, 6.45) is 2.03. The van der Waals surface area contributed by atoms with E-state index in [-0.39, 0.29) is 17.7 Å². The third-order valence-corrected chi connectivity index (χ3v) is 4.04. The Kier molecular flexibility index (Phi) is 3.23. The molecule has 1 unspecified atom stereocenters. The molecule has 0 saturated carbocycles. The Morgan fingerprint density at radius 1 is 1.26 bits per heavy atom. The van der Waals surface area contributed by atoms with Crippen LogP contribution in [0.4, 0.5) is 0 Å². The summed E-state index contributed by atoms with van der Waals surface area (Å²) >= 11 is 0. The van der Waals surface area contributed by atoms with Crippen LogP contribution in [0.5, 0.6) is 0 Å². The van der Waals surface area contributed by atoms with Crippen LogP contribution in [0, 0.1) is 5.92 Å². The lowest BCUT2D eigenvalue weighted by Gasteiger charge is -2.33. The normalized spacial score (nSPS) is 22.6. The van der Waals surface area contributed by atoms with Crippen molar-refractivity contribution in [2.75, 3.05) is 13.1 Å². The van der Waals surface area contributed by atoms with Gasteiger partial charge in [-0.05, 0) is 24.0 Å². The molecule has 2 heterocycles. The number of nitrogens with zero attached hydrogens (tertiary/aromatic N) is 1. The zero-order valence-electron chi connectivity index (χ0n) is 10.9. The summed E-state index contributed by atoms with van der Waals surface area (Å²) in [5.41, 5.74) is 2.58. The van der Waals surface area contributed by atoms with Crippen molar-refractivity contribution in [2.24, 2.45) is 5.92 Å². The monoisotopic (exact) mass is 258 g/mol. The SMILES string of the molecule is O=C1CC(C(=O)N2CCc3ccccc3C2)CCN1. The molecule has 0 bridgehead atoms. The average Bonchev–Trinajstić information content (AvgIpc) is 2.46. The predicted molar refractivity (Wildman–Crippen MR) is 71.3 cm³/mol. The molecule has 0 spiro atoms. The number of piperidine rings is 1. The second-order valence-electron chi connectivity index (χ2n) is 5.32. The van der Waals surface area contributed by atoms with Gasteiger partial charge in [0.25, 0.3) is 0 Å². The Morgan fingerprint density at radius 3 is 2.84 bits per heavy atom. The van der Waals surface area contributed by atoms with Gasteiger partial charge in [-0.25, -0.2) is 0 Å². The Labute approximate surface area is 112 Å². The zero-order valence-corrected chi connectivity index (χ0v) is 10.9. The van der Waals surface area contributed by atoms with E-state index in [4.69, 9.17) is 0 Å². The first-order chi connectivity index (χ1) is 9.24. The fourth-order valence-electron chi connectivity index (χ4n) is 2.94. The fourth-order valence-corrected chi connectivity index (χ4v) is 2.94. The van der Waals surface area contributed by atoms with Gasteiger partial charge >= 0.3 is 0 Å². The van der Waals surface area contributed by atoms with Crippen LogP contribution < -0.4 is 5.32 Å². The Balaban J connectivity index is 1.70. The first kappa shape index (κ1) is 12.2. The highest BCUT2D eigenvalue weighted by molar-refractivity contribution is 5.87. The van der Waals surface area contributed by atoms with Crippen LogP contribution in [-0.4, -0.2) is 29.8 Å². The van der Waals surface area contributed by atoms with Crippen molar-refractivity contribution in [3.63, 3.8) is 0 Å². The molecule has 100 valence electrons. The molecule has 1 N–H and O–H groups in total. The van der Waals surface area contributed by atoms with E-state index < -0.39 is 0 Å². The minimum atomic E-state index is -0.126. The quantitative estimate of drug-likeness (QED) is 0.820. The Hall–Kier alpha value is -1.84. The van der Waals surface area contributed by atoms with E-state index in [0.717, 1.165) is 19.4 Å². The van der Waals surface area contributed by atoms with Crippen LogP contribution in [0.3, 0.4) is 0 Å². The van der Waals surface area contributed by atoms with Gasteiger partial charge < -0.3 is 10.2 Å². The van der Waals surface area contributed by atoms with E-state index in [9.17, 15) is 9.59 Å². The molecule has 3 rings (SSSR count). The van der Waals surface area contributed by atoms with Crippen LogP contribution in [0.2, 0.25) is 0 Å². The van der Waals surface area contributed by atoms with Gasteiger partial charge in [0.15, 0.2) is 0 Å². The highest BCUT2D eigenvalue weighted by Crippen LogP contribution is 2.23. The molecule has 2 aliphatic heterocycles.